The molecular formula is C22H29ClN2OS. The minimum absolute atomic E-state index is 0. The number of thioether (sulfide) groups is 1. The first-order valence-electron chi connectivity index (χ1n) is 10.5. The Morgan fingerprint density at radius 1 is 1.15 bits per heavy atom. The fourth-order valence-corrected chi connectivity index (χ4v) is 9.37. The minimum atomic E-state index is 0. The molecule has 27 heavy (non-hydrogen) atoms. The SMILES string of the molecule is Cl.O=C(NC12CC3CC(CC(C3)C1)C2)C1CSC23CC=CC=C2N=CCC13. The number of allylic oxidation sites excluding steroid dienone is 3. The van der Waals surface area contributed by atoms with E-state index in [0.29, 0.717) is 11.8 Å². The predicted molar refractivity (Wildman–Crippen MR) is 113 cm³/mol. The quantitative estimate of drug-likeness (QED) is 0.734. The summed E-state index contributed by atoms with van der Waals surface area (Å²) < 4.78 is 0.0625. The van der Waals surface area contributed by atoms with E-state index < -0.39 is 0 Å². The molecule has 4 saturated carbocycles. The van der Waals surface area contributed by atoms with Crippen molar-refractivity contribution in [3.8, 4) is 0 Å². The third-order valence-corrected chi connectivity index (χ3v) is 9.92. The molecule has 2 aliphatic heterocycles. The first-order chi connectivity index (χ1) is 12.7. The number of nitrogens with one attached hydrogen (secondary N) is 1. The lowest BCUT2D eigenvalue weighted by Gasteiger charge is -2.57. The fraction of sp³-hybridized carbons (Fsp3) is 0.727. The molecule has 7 aliphatic rings. The fourth-order valence-electron chi connectivity index (χ4n) is 7.56. The van der Waals surface area contributed by atoms with Crippen molar-refractivity contribution in [3.63, 3.8) is 0 Å². The van der Waals surface area contributed by atoms with E-state index in [-0.39, 0.29) is 28.6 Å². The highest BCUT2D eigenvalue weighted by atomic mass is 35.5. The highest BCUT2D eigenvalue weighted by molar-refractivity contribution is 8.01. The summed E-state index contributed by atoms with van der Waals surface area (Å²) in [6.07, 6.45) is 18.6. The first-order valence-corrected chi connectivity index (χ1v) is 11.5. The third-order valence-electron chi connectivity index (χ3n) is 8.20. The number of hydrogen-bond acceptors (Lipinski definition) is 3. The summed E-state index contributed by atoms with van der Waals surface area (Å²) in [5.41, 5.74) is 1.34. The van der Waals surface area contributed by atoms with Crippen molar-refractivity contribution in [2.45, 2.75) is 61.7 Å². The molecule has 2 heterocycles. The van der Waals surface area contributed by atoms with Gasteiger partial charge in [0.15, 0.2) is 0 Å². The van der Waals surface area contributed by atoms with Crippen molar-refractivity contribution in [2.24, 2.45) is 34.6 Å². The van der Waals surface area contributed by atoms with Crippen LogP contribution in [0.2, 0.25) is 0 Å². The topological polar surface area (TPSA) is 41.5 Å². The molecule has 0 aromatic heterocycles. The van der Waals surface area contributed by atoms with Crippen molar-refractivity contribution in [1.82, 2.24) is 5.32 Å². The van der Waals surface area contributed by atoms with Gasteiger partial charge >= 0.3 is 0 Å². The van der Waals surface area contributed by atoms with Gasteiger partial charge in [0, 0.05) is 17.5 Å². The van der Waals surface area contributed by atoms with Crippen molar-refractivity contribution in [1.29, 1.82) is 0 Å². The predicted octanol–water partition coefficient (Wildman–Crippen LogP) is 4.53. The minimum Gasteiger partial charge on any atom is -0.350 e. The van der Waals surface area contributed by atoms with E-state index in [1.54, 1.807) is 0 Å². The summed E-state index contributed by atoms with van der Waals surface area (Å²) in [6, 6.07) is 0. The third kappa shape index (κ3) is 2.69. The zero-order valence-electron chi connectivity index (χ0n) is 15.7. The second-order valence-corrected chi connectivity index (χ2v) is 11.2. The Morgan fingerprint density at radius 3 is 2.56 bits per heavy atom. The Morgan fingerprint density at radius 2 is 1.85 bits per heavy atom. The first kappa shape index (κ1) is 18.3. The van der Waals surface area contributed by atoms with Crippen LogP contribution in [0.3, 0.4) is 0 Å². The number of nitrogens with zero attached hydrogens (tertiary/aromatic N) is 1. The molecule has 0 aromatic carbocycles. The molecule has 1 N–H and O–H groups in total. The highest BCUT2D eigenvalue weighted by Gasteiger charge is 2.56. The lowest BCUT2D eigenvalue weighted by Crippen LogP contribution is -2.61. The van der Waals surface area contributed by atoms with Gasteiger partial charge in [-0.05, 0) is 81.1 Å². The van der Waals surface area contributed by atoms with Gasteiger partial charge in [0.05, 0.1) is 16.4 Å². The van der Waals surface area contributed by atoms with Crippen LogP contribution in [0.25, 0.3) is 0 Å². The van der Waals surface area contributed by atoms with Gasteiger partial charge in [0.25, 0.3) is 0 Å². The summed E-state index contributed by atoms with van der Waals surface area (Å²) in [4.78, 5) is 18.1. The number of amides is 1. The Balaban J connectivity index is 0.00000160. The summed E-state index contributed by atoms with van der Waals surface area (Å²) in [5, 5.41) is 3.66. The van der Waals surface area contributed by atoms with Crippen LogP contribution >= 0.6 is 24.2 Å². The summed E-state index contributed by atoms with van der Waals surface area (Å²) in [5.74, 6) is 4.51. The molecule has 3 atom stereocenters. The van der Waals surface area contributed by atoms with Gasteiger partial charge in [-0.1, -0.05) is 12.2 Å². The van der Waals surface area contributed by atoms with E-state index in [0.717, 1.165) is 36.3 Å². The van der Waals surface area contributed by atoms with Gasteiger partial charge in [-0.3, -0.25) is 9.79 Å². The Hall–Kier alpha value is -0.740. The molecular weight excluding hydrogens is 376 g/mol. The van der Waals surface area contributed by atoms with Crippen LogP contribution in [0.5, 0.6) is 0 Å². The largest absolute Gasteiger partial charge is 0.350 e. The summed E-state index contributed by atoms with van der Waals surface area (Å²) >= 11 is 1.99. The maximum Gasteiger partial charge on any atom is 0.224 e. The van der Waals surface area contributed by atoms with Gasteiger partial charge in [-0.25, -0.2) is 0 Å². The lowest BCUT2D eigenvalue weighted by molar-refractivity contribution is -0.131. The van der Waals surface area contributed by atoms with Crippen LogP contribution in [0, 0.1) is 29.6 Å². The molecule has 7 rings (SSSR count). The van der Waals surface area contributed by atoms with Crippen molar-refractivity contribution < 1.29 is 4.79 Å². The zero-order valence-corrected chi connectivity index (χ0v) is 17.4. The molecule has 5 aliphatic carbocycles. The molecule has 5 heteroatoms. The van der Waals surface area contributed by atoms with Crippen LogP contribution in [0.15, 0.2) is 28.9 Å². The Kier molecular flexibility index (Phi) is 4.33. The van der Waals surface area contributed by atoms with Gasteiger partial charge in [-0.2, -0.15) is 0 Å². The lowest BCUT2D eigenvalue weighted by atomic mass is 9.53. The maximum absolute atomic E-state index is 13.4. The van der Waals surface area contributed by atoms with E-state index >= 15 is 0 Å². The van der Waals surface area contributed by atoms with Crippen molar-refractivity contribution in [2.75, 3.05) is 5.75 Å². The van der Waals surface area contributed by atoms with Gasteiger partial charge in [-0.15, -0.1) is 24.2 Å². The molecule has 146 valence electrons. The van der Waals surface area contributed by atoms with E-state index in [4.69, 9.17) is 4.99 Å². The van der Waals surface area contributed by atoms with Crippen LogP contribution in [-0.2, 0) is 4.79 Å². The smallest absolute Gasteiger partial charge is 0.224 e. The van der Waals surface area contributed by atoms with Crippen LogP contribution in [0.4, 0.5) is 0 Å². The van der Waals surface area contributed by atoms with E-state index in [1.807, 2.05) is 11.8 Å². The highest BCUT2D eigenvalue weighted by Crippen LogP contribution is 2.58. The van der Waals surface area contributed by atoms with Gasteiger partial charge < -0.3 is 5.32 Å². The normalized spacial score (nSPS) is 48.4. The zero-order chi connectivity index (χ0) is 17.4. The summed E-state index contributed by atoms with van der Waals surface area (Å²) in [7, 11) is 0. The average Bonchev–Trinajstić information content (AvgIpc) is 2.98. The molecule has 1 saturated heterocycles. The van der Waals surface area contributed by atoms with Crippen LogP contribution < -0.4 is 5.32 Å². The second-order valence-electron chi connectivity index (χ2n) is 9.83. The van der Waals surface area contributed by atoms with E-state index in [1.165, 1.54) is 44.2 Å². The van der Waals surface area contributed by atoms with E-state index in [2.05, 4.69) is 29.8 Å². The second kappa shape index (κ2) is 6.38. The number of hydrogen-bond donors (Lipinski definition) is 1. The van der Waals surface area contributed by atoms with Crippen LogP contribution in [0.1, 0.15) is 51.4 Å². The number of aliphatic imine (C=N–C) groups is 1. The Bertz CT molecular complexity index is 709. The van der Waals surface area contributed by atoms with Crippen molar-refractivity contribution >= 4 is 36.3 Å². The number of carbonyl (C=O) groups excluding carboxylic acids is 1. The molecule has 1 spiro atoms. The molecule has 3 nitrogen and oxygen atoms in total. The molecule has 0 aromatic rings. The number of carbonyl (C=O) groups is 1. The molecule has 4 bridgehead atoms. The molecule has 3 unspecified atom stereocenters. The number of rotatable bonds is 2. The molecule has 5 fully saturated rings. The number of halogens is 1. The van der Waals surface area contributed by atoms with Crippen LogP contribution in [-0.4, -0.2) is 28.2 Å². The Labute approximate surface area is 172 Å². The average molecular weight is 405 g/mol. The van der Waals surface area contributed by atoms with E-state index in [9.17, 15) is 4.79 Å². The summed E-state index contributed by atoms with van der Waals surface area (Å²) in [6.45, 7) is 0. The molecule has 1 amide bonds. The monoisotopic (exact) mass is 404 g/mol. The van der Waals surface area contributed by atoms with Gasteiger partial charge in [0.2, 0.25) is 5.91 Å². The van der Waals surface area contributed by atoms with Crippen molar-refractivity contribution in [3.05, 3.63) is 23.9 Å². The standard InChI is InChI=1S/C22H28N2OS.ClH/c25-20(24-21-10-14-7-15(11-21)9-16(8-14)12-21)17-13-26-22-5-2-1-3-19(22)23-6-4-18(17)22;/h1-3,6,14-18H,4-5,7-13H2,(H,24,25);1H. The molecule has 0 radical (unpaired) electrons. The van der Waals surface area contributed by atoms with Gasteiger partial charge in [0.1, 0.15) is 0 Å². The maximum atomic E-state index is 13.4.